The van der Waals surface area contributed by atoms with E-state index in [0.717, 1.165) is 0 Å². The number of hydrogen-bond acceptors (Lipinski definition) is 1. The Hall–Kier alpha value is -1.86. The number of rotatable bonds is 4. The standard InChI is InChI=1S/C17H19N/c1-4-17(18-3)16-12-15(11-10-13(16)2)14-8-6-5-7-9-14/h4-12,17-18H,1H2,2-3H3. The van der Waals surface area contributed by atoms with E-state index in [-0.39, 0.29) is 6.04 Å². The number of aryl methyl sites for hydroxylation is 1. The number of nitrogens with one attached hydrogen (secondary N) is 1. The largest absolute Gasteiger partial charge is 0.310 e. The van der Waals surface area contributed by atoms with E-state index >= 15 is 0 Å². The third kappa shape index (κ3) is 2.52. The summed E-state index contributed by atoms with van der Waals surface area (Å²) in [6, 6.07) is 17.2. The highest BCUT2D eigenvalue weighted by Gasteiger charge is 2.09. The van der Waals surface area contributed by atoms with Gasteiger partial charge in [0.05, 0.1) is 6.04 Å². The fourth-order valence-corrected chi connectivity index (χ4v) is 2.19. The maximum atomic E-state index is 3.89. The third-order valence-electron chi connectivity index (χ3n) is 3.27. The van der Waals surface area contributed by atoms with Gasteiger partial charge in [0.25, 0.3) is 0 Å². The van der Waals surface area contributed by atoms with Gasteiger partial charge >= 0.3 is 0 Å². The van der Waals surface area contributed by atoms with Gasteiger partial charge < -0.3 is 5.32 Å². The van der Waals surface area contributed by atoms with E-state index < -0.39 is 0 Å². The molecule has 92 valence electrons. The Kier molecular flexibility index (Phi) is 3.96. The minimum absolute atomic E-state index is 0.202. The zero-order valence-corrected chi connectivity index (χ0v) is 11.0. The van der Waals surface area contributed by atoms with E-state index in [0.29, 0.717) is 0 Å². The molecule has 0 heterocycles. The normalized spacial score (nSPS) is 12.1. The Morgan fingerprint density at radius 1 is 1.06 bits per heavy atom. The molecule has 2 aromatic carbocycles. The minimum Gasteiger partial charge on any atom is -0.310 e. The van der Waals surface area contributed by atoms with Crippen LogP contribution in [0.5, 0.6) is 0 Å². The lowest BCUT2D eigenvalue weighted by molar-refractivity contribution is 0.712. The number of benzene rings is 2. The van der Waals surface area contributed by atoms with Crippen molar-refractivity contribution in [3.05, 3.63) is 72.3 Å². The molecule has 1 atom stereocenters. The molecule has 1 unspecified atom stereocenters. The Morgan fingerprint density at radius 2 is 1.78 bits per heavy atom. The molecule has 0 aliphatic carbocycles. The Labute approximate surface area is 109 Å². The Balaban J connectivity index is 2.47. The van der Waals surface area contributed by atoms with Gasteiger partial charge in [-0.2, -0.15) is 0 Å². The Morgan fingerprint density at radius 3 is 2.39 bits per heavy atom. The van der Waals surface area contributed by atoms with Crippen LogP contribution < -0.4 is 5.32 Å². The van der Waals surface area contributed by atoms with Crippen molar-refractivity contribution >= 4 is 0 Å². The summed E-state index contributed by atoms with van der Waals surface area (Å²) in [5, 5.41) is 3.27. The summed E-state index contributed by atoms with van der Waals surface area (Å²) in [5.74, 6) is 0. The molecule has 0 saturated carbocycles. The Bertz CT molecular complexity index is 529. The lowest BCUT2D eigenvalue weighted by Crippen LogP contribution is -2.14. The summed E-state index contributed by atoms with van der Waals surface area (Å²) in [6.45, 7) is 6.03. The van der Waals surface area contributed by atoms with Gasteiger partial charge in [0.1, 0.15) is 0 Å². The third-order valence-corrected chi connectivity index (χ3v) is 3.27. The molecule has 0 spiro atoms. The lowest BCUT2D eigenvalue weighted by atomic mass is 9.95. The molecule has 1 N–H and O–H groups in total. The second-order valence-electron chi connectivity index (χ2n) is 4.44. The van der Waals surface area contributed by atoms with Crippen LogP contribution in [0.4, 0.5) is 0 Å². The lowest BCUT2D eigenvalue weighted by Gasteiger charge is -2.16. The molecule has 0 bridgehead atoms. The van der Waals surface area contributed by atoms with Gasteiger partial charge in [-0.25, -0.2) is 0 Å². The van der Waals surface area contributed by atoms with Crippen molar-refractivity contribution in [2.45, 2.75) is 13.0 Å². The van der Waals surface area contributed by atoms with Crippen LogP contribution in [-0.2, 0) is 0 Å². The monoisotopic (exact) mass is 237 g/mol. The van der Waals surface area contributed by atoms with Gasteiger partial charge in [0.15, 0.2) is 0 Å². The van der Waals surface area contributed by atoms with E-state index in [2.05, 4.69) is 61.3 Å². The fourth-order valence-electron chi connectivity index (χ4n) is 2.19. The first kappa shape index (κ1) is 12.6. The molecule has 0 amide bonds. The van der Waals surface area contributed by atoms with Crippen molar-refractivity contribution in [3.63, 3.8) is 0 Å². The average Bonchev–Trinajstić information content (AvgIpc) is 2.43. The molecular formula is C17H19N. The summed E-state index contributed by atoms with van der Waals surface area (Å²) >= 11 is 0. The zero-order chi connectivity index (χ0) is 13.0. The highest BCUT2D eigenvalue weighted by Crippen LogP contribution is 2.26. The highest BCUT2D eigenvalue weighted by atomic mass is 14.9. The van der Waals surface area contributed by atoms with Crippen LogP contribution in [0.15, 0.2) is 61.2 Å². The smallest absolute Gasteiger partial charge is 0.0504 e. The first-order valence-corrected chi connectivity index (χ1v) is 6.22. The molecule has 1 heteroatoms. The predicted molar refractivity (Wildman–Crippen MR) is 78.6 cm³/mol. The van der Waals surface area contributed by atoms with Gasteiger partial charge in [0.2, 0.25) is 0 Å². The summed E-state index contributed by atoms with van der Waals surface area (Å²) in [6.07, 6.45) is 1.94. The van der Waals surface area contributed by atoms with Gasteiger partial charge in [0, 0.05) is 0 Å². The molecular weight excluding hydrogens is 218 g/mol. The van der Waals surface area contributed by atoms with Gasteiger partial charge in [-0.15, -0.1) is 6.58 Å². The summed E-state index contributed by atoms with van der Waals surface area (Å²) in [5.41, 5.74) is 5.07. The van der Waals surface area contributed by atoms with Crippen LogP contribution in [0.3, 0.4) is 0 Å². The van der Waals surface area contributed by atoms with E-state index in [1.807, 2.05) is 19.2 Å². The van der Waals surface area contributed by atoms with Crippen LogP contribution in [0, 0.1) is 6.92 Å². The van der Waals surface area contributed by atoms with Gasteiger partial charge in [-0.3, -0.25) is 0 Å². The molecule has 0 aromatic heterocycles. The van der Waals surface area contributed by atoms with Crippen molar-refractivity contribution in [2.75, 3.05) is 7.05 Å². The van der Waals surface area contributed by atoms with Crippen LogP contribution >= 0.6 is 0 Å². The maximum Gasteiger partial charge on any atom is 0.0504 e. The van der Waals surface area contributed by atoms with E-state index in [1.54, 1.807) is 0 Å². The van der Waals surface area contributed by atoms with Crippen LogP contribution in [-0.4, -0.2) is 7.05 Å². The molecule has 0 aliphatic heterocycles. The number of likely N-dealkylation sites (N-methyl/N-ethyl adjacent to an activating group) is 1. The minimum atomic E-state index is 0.202. The first-order valence-electron chi connectivity index (χ1n) is 6.22. The second kappa shape index (κ2) is 5.65. The zero-order valence-electron chi connectivity index (χ0n) is 11.0. The quantitative estimate of drug-likeness (QED) is 0.789. The second-order valence-corrected chi connectivity index (χ2v) is 4.44. The van der Waals surface area contributed by atoms with E-state index in [1.165, 1.54) is 22.3 Å². The van der Waals surface area contributed by atoms with Crippen LogP contribution in [0.1, 0.15) is 17.2 Å². The average molecular weight is 237 g/mol. The molecule has 1 nitrogen and oxygen atoms in total. The van der Waals surface area contributed by atoms with Crippen LogP contribution in [0.2, 0.25) is 0 Å². The number of hydrogen-bond donors (Lipinski definition) is 1. The first-order chi connectivity index (χ1) is 8.76. The predicted octanol–water partition coefficient (Wildman–Crippen LogP) is 4.11. The summed E-state index contributed by atoms with van der Waals surface area (Å²) < 4.78 is 0. The van der Waals surface area contributed by atoms with Crippen molar-refractivity contribution in [2.24, 2.45) is 0 Å². The van der Waals surface area contributed by atoms with Gasteiger partial charge in [-0.1, -0.05) is 48.5 Å². The molecule has 2 rings (SSSR count). The maximum absolute atomic E-state index is 3.89. The highest BCUT2D eigenvalue weighted by molar-refractivity contribution is 5.65. The van der Waals surface area contributed by atoms with Crippen molar-refractivity contribution < 1.29 is 0 Å². The topological polar surface area (TPSA) is 12.0 Å². The fraction of sp³-hybridized carbons (Fsp3) is 0.176. The van der Waals surface area contributed by atoms with Crippen molar-refractivity contribution in [3.8, 4) is 11.1 Å². The van der Waals surface area contributed by atoms with Gasteiger partial charge in [-0.05, 0) is 42.3 Å². The molecule has 0 radical (unpaired) electrons. The summed E-state index contributed by atoms with van der Waals surface area (Å²) in [4.78, 5) is 0. The van der Waals surface area contributed by atoms with Crippen LogP contribution in [0.25, 0.3) is 11.1 Å². The molecule has 0 aliphatic rings. The molecule has 2 aromatic rings. The molecule has 18 heavy (non-hydrogen) atoms. The van der Waals surface area contributed by atoms with Crippen molar-refractivity contribution in [1.82, 2.24) is 5.32 Å². The SMILES string of the molecule is C=CC(NC)c1cc(-c2ccccc2)ccc1C. The molecule has 0 fully saturated rings. The van der Waals surface area contributed by atoms with E-state index in [9.17, 15) is 0 Å². The molecule has 0 saturated heterocycles. The van der Waals surface area contributed by atoms with Crippen molar-refractivity contribution in [1.29, 1.82) is 0 Å². The van der Waals surface area contributed by atoms with E-state index in [4.69, 9.17) is 0 Å². The summed E-state index contributed by atoms with van der Waals surface area (Å²) in [7, 11) is 1.96.